The molecule has 1 aromatic carbocycles. The molecule has 3 heterocycles. The largest absolute Gasteiger partial charge is 0.440 e. The number of fused-ring (bicyclic) bond motifs is 1. The molecule has 12 heteroatoms. The van der Waals surface area contributed by atoms with E-state index in [1.807, 2.05) is 18.5 Å². The van der Waals surface area contributed by atoms with Crippen LogP contribution in [-0.4, -0.2) is 50.0 Å². The average Bonchev–Trinajstić information content (AvgIpc) is 3.06. The third-order valence-corrected chi connectivity index (χ3v) is 7.79. The van der Waals surface area contributed by atoms with E-state index >= 15 is 0 Å². The molecule has 1 aliphatic heterocycles. The summed E-state index contributed by atoms with van der Waals surface area (Å²) in [6.07, 6.45) is -1.40. The molecule has 1 saturated heterocycles. The van der Waals surface area contributed by atoms with Crippen molar-refractivity contribution in [2.45, 2.75) is 36.5 Å². The molecule has 1 aliphatic carbocycles. The summed E-state index contributed by atoms with van der Waals surface area (Å²) in [5.41, 5.74) is -0.0937. The van der Waals surface area contributed by atoms with E-state index in [0.717, 1.165) is 48.6 Å². The lowest BCUT2D eigenvalue weighted by Crippen LogP contribution is -2.28. The van der Waals surface area contributed by atoms with Gasteiger partial charge in [0.25, 0.3) is 0 Å². The second kappa shape index (κ2) is 9.16. The lowest BCUT2D eigenvalue weighted by Gasteiger charge is -2.21. The Kier molecular flexibility index (Phi) is 6.73. The minimum absolute atomic E-state index is 0. The molecule has 2 aromatic heterocycles. The van der Waals surface area contributed by atoms with Gasteiger partial charge >= 0.3 is 6.18 Å². The van der Waals surface area contributed by atoms with Crippen molar-refractivity contribution in [2.75, 3.05) is 25.4 Å². The van der Waals surface area contributed by atoms with Gasteiger partial charge < -0.3 is 13.9 Å². The van der Waals surface area contributed by atoms with Gasteiger partial charge in [-0.1, -0.05) is 17.8 Å². The van der Waals surface area contributed by atoms with E-state index in [1.54, 1.807) is 11.8 Å². The van der Waals surface area contributed by atoms with Crippen LogP contribution in [0.25, 0.3) is 11.6 Å². The molecule has 6 nitrogen and oxygen atoms in total. The van der Waals surface area contributed by atoms with Crippen LogP contribution in [-0.2, 0) is 18.6 Å². The van der Waals surface area contributed by atoms with Gasteiger partial charge in [0.15, 0.2) is 17.3 Å². The summed E-state index contributed by atoms with van der Waals surface area (Å²) in [6, 6.07) is 2.96. The fourth-order valence-corrected chi connectivity index (χ4v) is 5.71. The monoisotopic (exact) mass is 517 g/mol. The van der Waals surface area contributed by atoms with Crippen LogP contribution in [0.5, 0.6) is 0 Å². The molecule has 34 heavy (non-hydrogen) atoms. The Hall–Kier alpha value is -2.11. The van der Waals surface area contributed by atoms with Gasteiger partial charge in [0.2, 0.25) is 5.82 Å². The van der Waals surface area contributed by atoms with Crippen LogP contribution in [0.15, 0.2) is 34.2 Å². The zero-order chi connectivity index (χ0) is 23.4. The van der Waals surface area contributed by atoms with Crippen molar-refractivity contribution in [2.24, 2.45) is 13.0 Å². The SMILES string of the molecule is Cc1ncoc1-c1nnc(SCCCN2CC3CC3(c3ccc(C(F)(F)F)cc3F)C2)n1C.Cl. The van der Waals surface area contributed by atoms with Gasteiger partial charge in [0.1, 0.15) is 5.82 Å². The predicted molar refractivity (Wildman–Crippen MR) is 121 cm³/mol. The van der Waals surface area contributed by atoms with Crippen molar-refractivity contribution in [1.29, 1.82) is 0 Å². The highest BCUT2D eigenvalue weighted by molar-refractivity contribution is 7.99. The summed E-state index contributed by atoms with van der Waals surface area (Å²) in [5, 5.41) is 9.23. The van der Waals surface area contributed by atoms with E-state index < -0.39 is 17.6 Å². The number of hydrogen-bond donors (Lipinski definition) is 0. The lowest BCUT2D eigenvalue weighted by molar-refractivity contribution is -0.137. The van der Waals surface area contributed by atoms with Gasteiger partial charge in [-0.05, 0) is 49.9 Å². The number of thioether (sulfide) groups is 1. The molecule has 2 aliphatic rings. The summed E-state index contributed by atoms with van der Waals surface area (Å²) in [4.78, 5) is 6.37. The zero-order valence-electron chi connectivity index (χ0n) is 18.6. The predicted octanol–water partition coefficient (Wildman–Crippen LogP) is 5.11. The molecule has 5 rings (SSSR count). The van der Waals surface area contributed by atoms with E-state index in [9.17, 15) is 17.6 Å². The summed E-state index contributed by atoms with van der Waals surface area (Å²) < 4.78 is 60.4. The van der Waals surface area contributed by atoms with E-state index in [0.29, 0.717) is 35.7 Å². The first-order valence-electron chi connectivity index (χ1n) is 10.7. The number of aromatic nitrogens is 4. The molecule has 0 N–H and O–H groups in total. The number of piperidine rings is 1. The maximum absolute atomic E-state index is 14.5. The van der Waals surface area contributed by atoms with Crippen molar-refractivity contribution in [1.82, 2.24) is 24.6 Å². The summed E-state index contributed by atoms with van der Waals surface area (Å²) >= 11 is 1.60. The zero-order valence-corrected chi connectivity index (χ0v) is 20.2. The molecule has 0 radical (unpaired) electrons. The Labute approximate surface area is 204 Å². The van der Waals surface area contributed by atoms with E-state index in [1.165, 1.54) is 12.5 Å². The van der Waals surface area contributed by atoms with Gasteiger partial charge in [-0.15, -0.1) is 22.6 Å². The Bertz CT molecular complexity index is 1180. The summed E-state index contributed by atoms with van der Waals surface area (Å²) in [7, 11) is 1.88. The van der Waals surface area contributed by atoms with Crippen molar-refractivity contribution < 1.29 is 22.0 Å². The van der Waals surface area contributed by atoms with Crippen LogP contribution < -0.4 is 0 Å². The Morgan fingerprint density at radius 2 is 2.06 bits per heavy atom. The van der Waals surface area contributed by atoms with Crippen molar-refractivity contribution >= 4 is 24.2 Å². The van der Waals surface area contributed by atoms with Crippen LogP contribution in [0.2, 0.25) is 0 Å². The number of oxazole rings is 1. The Balaban J connectivity index is 0.00000274. The molecule has 2 fully saturated rings. The van der Waals surface area contributed by atoms with E-state index in [4.69, 9.17) is 4.42 Å². The normalized spacial score (nSPS) is 22.0. The lowest BCUT2D eigenvalue weighted by atomic mass is 9.93. The highest BCUT2D eigenvalue weighted by Crippen LogP contribution is 2.59. The molecular formula is C22H24ClF4N5OS. The number of nitrogens with zero attached hydrogens (tertiary/aromatic N) is 5. The first-order chi connectivity index (χ1) is 15.7. The van der Waals surface area contributed by atoms with Crippen LogP contribution in [0.4, 0.5) is 17.6 Å². The fourth-order valence-electron chi connectivity index (χ4n) is 4.88. The maximum Gasteiger partial charge on any atom is 0.416 e. The maximum atomic E-state index is 14.5. The number of rotatable bonds is 7. The van der Waals surface area contributed by atoms with Gasteiger partial charge in [-0.2, -0.15) is 13.2 Å². The highest BCUT2D eigenvalue weighted by Gasteiger charge is 2.61. The fraction of sp³-hybridized carbons (Fsp3) is 0.500. The number of hydrogen-bond acceptors (Lipinski definition) is 6. The van der Waals surface area contributed by atoms with Crippen LogP contribution >= 0.6 is 24.2 Å². The molecule has 2 atom stereocenters. The number of aryl methyl sites for hydroxylation is 1. The highest BCUT2D eigenvalue weighted by atomic mass is 35.5. The Morgan fingerprint density at radius 1 is 1.26 bits per heavy atom. The summed E-state index contributed by atoms with van der Waals surface area (Å²) in [5.74, 6) is 1.64. The first-order valence-corrected chi connectivity index (χ1v) is 11.7. The topological polar surface area (TPSA) is 60.0 Å². The van der Waals surface area contributed by atoms with Crippen molar-refractivity contribution in [3.8, 4) is 11.6 Å². The molecule has 0 bridgehead atoms. The number of benzene rings is 1. The van der Waals surface area contributed by atoms with Crippen molar-refractivity contribution in [3.63, 3.8) is 0 Å². The number of alkyl halides is 3. The summed E-state index contributed by atoms with van der Waals surface area (Å²) in [6.45, 7) is 4.23. The van der Waals surface area contributed by atoms with Crippen LogP contribution in [0, 0.1) is 18.7 Å². The van der Waals surface area contributed by atoms with Crippen LogP contribution in [0.1, 0.15) is 29.7 Å². The van der Waals surface area contributed by atoms with Crippen LogP contribution in [0.3, 0.4) is 0 Å². The standard InChI is InChI=1S/C22H23F4N5OS.ClH/c1-13-18(32-12-27-13)19-28-29-20(30(19)2)33-7-3-6-31-10-15-9-21(15,11-31)16-5-4-14(8-17(16)23)22(24,25)26;/h4-5,8,12,15H,3,6-7,9-11H2,1-2H3;1H. The second-order valence-electron chi connectivity index (χ2n) is 8.82. The average molecular weight is 518 g/mol. The van der Waals surface area contributed by atoms with Gasteiger partial charge in [-0.3, -0.25) is 0 Å². The Morgan fingerprint density at radius 3 is 2.74 bits per heavy atom. The van der Waals surface area contributed by atoms with E-state index in [-0.39, 0.29) is 17.8 Å². The molecular weight excluding hydrogens is 494 g/mol. The van der Waals surface area contributed by atoms with Gasteiger partial charge in [0, 0.05) is 31.3 Å². The third-order valence-electron chi connectivity index (χ3n) is 6.68. The van der Waals surface area contributed by atoms with Gasteiger partial charge in [0.05, 0.1) is 11.3 Å². The number of halogens is 5. The minimum Gasteiger partial charge on any atom is -0.440 e. The molecule has 3 aromatic rings. The quantitative estimate of drug-likeness (QED) is 0.246. The molecule has 184 valence electrons. The second-order valence-corrected chi connectivity index (χ2v) is 9.88. The van der Waals surface area contributed by atoms with E-state index in [2.05, 4.69) is 20.1 Å². The molecule has 2 unspecified atom stereocenters. The molecule has 0 amide bonds. The smallest absolute Gasteiger partial charge is 0.416 e. The number of likely N-dealkylation sites (tertiary alicyclic amines) is 1. The minimum atomic E-state index is -4.53. The van der Waals surface area contributed by atoms with Crippen molar-refractivity contribution in [3.05, 3.63) is 47.2 Å². The first kappa shape index (κ1) is 25.0. The molecule has 0 spiro atoms. The molecule has 1 saturated carbocycles. The third kappa shape index (κ3) is 4.45. The van der Waals surface area contributed by atoms with Gasteiger partial charge in [-0.25, -0.2) is 9.37 Å².